The second kappa shape index (κ2) is 8.43. The van der Waals surface area contributed by atoms with Gasteiger partial charge >= 0.3 is 0 Å². The second-order valence-electron chi connectivity index (χ2n) is 5.84. The number of carbonyl (C=O) groups is 1. The number of nitrogens with one attached hydrogen (secondary N) is 1. The molecule has 1 aliphatic rings. The van der Waals surface area contributed by atoms with Crippen molar-refractivity contribution in [1.29, 1.82) is 0 Å². The van der Waals surface area contributed by atoms with Crippen LogP contribution in [0.15, 0.2) is 58.4 Å². The Morgan fingerprint density at radius 3 is 2.73 bits per heavy atom. The van der Waals surface area contributed by atoms with E-state index in [1.165, 1.54) is 11.8 Å². The van der Waals surface area contributed by atoms with E-state index in [4.69, 9.17) is 16.3 Å². The van der Waals surface area contributed by atoms with Gasteiger partial charge in [0, 0.05) is 0 Å². The lowest BCUT2D eigenvalue weighted by Gasteiger charge is -2.14. The minimum absolute atomic E-state index is 0.102. The fourth-order valence-electron chi connectivity index (χ4n) is 2.25. The number of carbonyl (C=O) groups excluding carboxylic acids is 1. The van der Waals surface area contributed by atoms with Crippen molar-refractivity contribution in [2.45, 2.75) is 26.4 Å². The van der Waals surface area contributed by atoms with Crippen LogP contribution in [0.25, 0.3) is 6.08 Å². The SMILES string of the molecule is CC[C@@H](C)Oc1ccc(/C=C2/SC(=Nc3ccccc3)NC2=O)cc1Cl. The van der Waals surface area contributed by atoms with Gasteiger partial charge < -0.3 is 10.1 Å². The van der Waals surface area contributed by atoms with Crippen LogP contribution in [0.5, 0.6) is 5.75 Å². The molecule has 0 bridgehead atoms. The van der Waals surface area contributed by atoms with Crippen LogP contribution in [0.3, 0.4) is 0 Å². The third-order valence-electron chi connectivity index (χ3n) is 3.79. The van der Waals surface area contributed by atoms with Crippen molar-refractivity contribution >= 4 is 46.2 Å². The summed E-state index contributed by atoms with van der Waals surface area (Å²) in [5, 5.41) is 3.87. The summed E-state index contributed by atoms with van der Waals surface area (Å²) in [5.41, 5.74) is 1.64. The molecule has 1 atom stereocenters. The quantitative estimate of drug-likeness (QED) is 0.699. The van der Waals surface area contributed by atoms with Crippen LogP contribution in [-0.4, -0.2) is 17.2 Å². The fourth-order valence-corrected chi connectivity index (χ4v) is 3.33. The van der Waals surface area contributed by atoms with Gasteiger partial charge in [-0.15, -0.1) is 0 Å². The summed E-state index contributed by atoms with van der Waals surface area (Å²) in [7, 11) is 0. The average Bonchev–Trinajstić information content (AvgIpc) is 2.97. The third-order valence-corrected chi connectivity index (χ3v) is 5.00. The standard InChI is InChI=1S/C20H19ClN2O2S/c1-3-13(2)25-17-10-9-14(11-16(17)21)12-18-19(24)23-20(26-18)22-15-7-5-4-6-8-15/h4-13H,3H2,1-2H3,(H,22,23,24)/b18-12+/t13-/m1/s1. The lowest BCUT2D eigenvalue weighted by atomic mass is 10.2. The van der Waals surface area contributed by atoms with E-state index in [1.54, 1.807) is 12.1 Å². The summed E-state index contributed by atoms with van der Waals surface area (Å²) in [4.78, 5) is 17.2. The Balaban J connectivity index is 1.76. The van der Waals surface area contributed by atoms with Gasteiger partial charge in [0.05, 0.1) is 21.7 Å². The first-order chi connectivity index (χ1) is 12.5. The second-order valence-corrected chi connectivity index (χ2v) is 7.28. The van der Waals surface area contributed by atoms with E-state index >= 15 is 0 Å². The van der Waals surface area contributed by atoms with Gasteiger partial charge in [-0.2, -0.15) is 0 Å². The number of rotatable bonds is 5. The third kappa shape index (κ3) is 4.68. The largest absolute Gasteiger partial charge is 0.489 e. The molecule has 0 radical (unpaired) electrons. The molecule has 1 amide bonds. The maximum absolute atomic E-state index is 12.2. The highest BCUT2D eigenvalue weighted by Gasteiger charge is 2.23. The lowest BCUT2D eigenvalue weighted by Crippen LogP contribution is -2.19. The van der Waals surface area contributed by atoms with E-state index in [-0.39, 0.29) is 12.0 Å². The highest BCUT2D eigenvalue weighted by molar-refractivity contribution is 8.18. The van der Waals surface area contributed by atoms with Gasteiger partial charge in [0.1, 0.15) is 5.75 Å². The molecule has 0 saturated carbocycles. The Kier molecular flexibility index (Phi) is 6.01. The van der Waals surface area contributed by atoms with E-state index in [9.17, 15) is 4.79 Å². The van der Waals surface area contributed by atoms with Gasteiger partial charge in [-0.05, 0) is 61.0 Å². The molecule has 6 heteroatoms. The van der Waals surface area contributed by atoms with Crippen molar-refractivity contribution < 1.29 is 9.53 Å². The first kappa shape index (κ1) is 18.5. The highest BCUT2D eigenvalue weighted by atomic mass is 35.5. The molecule has 2 aromatic carbocycles. The Hall–Kier alpha value is -2.24. The molecule has 1 heterocycles. The summed E-state index contributed by atoms with van der Waals surface area (Å²) >= 11 is 7.61. The van der Waals surface area contributed by atoms with Crippen LogP contribution in [0.4, 0.5) is 5.69 Å². The van der Waals surface area contributed by atoms with Crippen molar-refractivity contribution in [3.05, 3.63) is 64.0 Å². The number of amides is 1. The molecule has 134 valence electrons. The molecule has 2 aromatic rings. The number of halogens is 1. The highest BCUT2D eigenvalue weighted by Crippen LogP contribution is 2.31. The van der Waals surface area contributed by atoms with Gasteiger partial charge in [0.25, 0.3) is 5.91 Å². The Bertz CT molecular complexity index is 865. The zero-order valence-electron chi connectivity index (χ0n) is 14.5. The van der Waals surface area contributed by atoms with Crippen LogP contribution in [-0.2, 0) is 4.79 Å². The number of nitrogens with zero attached hydrogens (tertiary/aromatic N) is 1. The lowest BCUT2D eigenvalue weighted by molar-refractivity contribution is -0.115. The molecule has 0 spiro atoms. The molecule has 1 aliphatic heterocycles. The van der Waals surface area contributed by atoms with Crippen LogP contribution in [0.2, 0.25) is 5.02 Å². The van der Waals surface area contributed by atoms with Crippen LogP contribution in [0, 0.1) is 0 Å². The summed E-state index contributed by atoms with van der Waals surface area (Å²) in [6, 6.07) is 15.0. The zero-order valence-corrected chi connectivity index (χ0v) is 16.1. The first-order valence-corrected chi connectivity index (χ1v) is 9.55. The molecule has 0 aromatic heterocycles. The van der Waals surface area contributed by atoms with Crippen molar-refractivity contribution in [3.8, 4) is 5.75 Å². The van der Waals surface area contributed by atoms with E-state index < -0.39 is 0 Å². The zero-order chi connectivity index (χ0) is 18.5. The van der Waals surface area contributed by atoms with Gasteiger partial charge in [0.2, 0.25) is 0 Å². The van der Waals surface area contributed by atoms with Gasteiger partial charge in [-0.3, -0.25) is 4.79 Å². The number of benzene rings is 2. The smallest absolute Gasteiger partial charge is 0.264 e. The monoisotopic (exact) mass is 386 g/mol. The van der Waals surface area contributed by atoms with Crippen LogP contribution < -0.4 is 10.1 Å². The van der Waals surface area contributed by atoms with Gasteiger partial charge in [0.15, 0.2) is 5.17 Å². The summed E-state index contributed by atoms with van der Waals surface area (Å²) in [6.07, 6.45) is 2.80. The molecule has 4 nitrogen and oxygen atoms in total. The van der Waals surface area contributed by atoms with Crippen LogP contribution >= 0.6 is 23.4 Å². The Morgan fingerprint density at radius 1 is 1.27 bits per heavy atom. The number of ether oxygens (including phenoxy) is 1. The number of amidine groups is 1. The maximum Gasteiger partial charge on any atom is 0.264 e. The summed E-state index contributed by atoms with van der Waals surface area (Å²) in [6.45, 7) is 4.06. The Morgan fingerprint density at radius 2 is 2.04 bits per heavy atom. The first-order valence-electron chi connectivity index (χ1n) is 8.36. The molecule has 1 saturated heterocycles. The van der Waals surface area contributed by atoms with E-state index in [0.717, 1.165) is 17.7 Å². The van der Waals surface area contributed by atoms with Gasteiger partial charge in [-0.25, -0.2) is 4.99 Å². The number of hydrogen-bond acceptors (Lipinski definition) is 4. The molecule has 1 N–H and O–H groups in total. The average molecular weight is 387 g/mol. The molecular formula is C20H19ClN2O2S. The number of para-hydroxylation sites is 1. The minimum atomic E-state index is -0.166. The predicted molar refractivity (Wildman–Crippen MR) is 109 cm³/mol. The van der Waals surface area contributed by atoms with E-state index in [1.807, 2.05) is 49.4 Å². The van der Waals surface area contributed by atoms with Crippen molar-refractivity contribution in [2.24, 2.45) is 4.99 Å². The molecule has 1 fully saturated rings. The topological polar surface area (TPSA) is 50.7 Å². The van der Waals surface area contributed by atoms with Crippen molar-refractivity contribution in [1.82, 2.24) is 5.32 Å². The molecular weight excluding hydrogens is 368 g/mol. The number of thioether (sulfide) groups is 1. The number of aliphatic imine (C=N–C) groups is 1. The molecule has 26 heavy (non-hydrogen) atoms. The van der Waals surface area contributed by atoms with Crippen molar-refractivity contribution in [2.75, 3.05) is 0 Å². The van der Waals surface area contributed by atoms with E-state index in [0.29, 0.717) is 20.8 Å². The van der Waals surface area contributed by atoms with Crippen molar-refractivity contribution in [3.63, 3.8) is 0 Å². The van der Waals surface area contributed by atoms with Crippen LogP contribution in [0.1, 0.15) is 25.8 Å². The van der Waals surface area contributed by atoms with E-state index in [2.05, 4.69) is 17.2 Å². The summed E-state index contributed by atoms with van der Waals surface area (Å²) < 4.78 is 5.77. The molecule has 0 unspecified atom stereocenters. The number of hydrogen-bond donors (Lipinski definition) is 1. The molecule has 3 rings (SSSR count). The van der Waals surface area contributed by atoms with Gasteiger partial charge in [-0.1, -0.05) is 42.8 Å². The minimum Gasteiger partial charge on any atom is -0.489 e. The maximum atomic E-state index is 12.2. The fraction of sp³-hybridized carbons (Fsp3) is 0.200. The summed E-state index contributed by atoms with van der Waals surface area (Å²) in [5.74, 6) is 0.485. The Labute approximate surface area is 162 Å². The molecule has 0 aliphatic carbocycles. The normalized spacial score (nSPS) is 18.2. The predicted octanol–water partition coefficient (Wildman–Crippen LogP) is 5.41.